The van der Waals surface area contributed by atoms with Crippen molar-refractivity contribution >= 4 is 17.2 Å². The van der Waals surface area contributed by atoms with Gasteiger partial charge in [-0.1, -0.05) is 47.9 Å². The summed E-state index contributed by atoms with van der Waals surface area (Å²) in [7, 11) is 0. The van der Waals surface area contributed by atoms with E-state index < -0.39 is 0 Å². The summed E-state index contributed by atoms with van der Waals surface area (Å²) in [5, 5.41) is 3.36. The van der Waals surface area contributed by atoms with Crippen LogP contribution in [-0.4, -0.2) is 15.5 Å². The quantitative estimate of drug-likeness (QED) is 0.740. The number of anilines is 1. The van der Waals surface area contributed by atoms with Gasteiger partial charge in [-0.3, -0.25) is 13.7 Å². The number of hydrogen-bond donors (Lipinski definition) is 1. The number of rotatable bonds is 5. The van der Waals surface area contributed by atoms with Crippen LogP contribution in [0.15, 0.2) is 59.5 Å². The number of nitrogens with one attached hydrogen (secondary N) is 1. The van der Waals surface area contributed by atoms with E-state index in [1.54, 1.807) is 6.20 Å². The van der Waals surface area contributed by atoms with Crippen LogP contribution in [0, 0.1) is 0 Å². The van der Waals surface area contributed by atoms with Gasteiger partial charge in [-0.2, -0.15) is 0 Å². The molecular formula is C20H23N3OS. The monoisotopic (exact) mass is 353 g/mol. The Labute approximate surface area is 152 Å². The molecule has 0 aliphatic heterocycles. The zero-order chi connectivity index (χ0) is 17.9. The first-order valence-corrected chi connectivity index (χ1v) is 9.20. The topological polar surface area (TPSA) is 46.9 Å². The minimum Gasteiger partial charge on any atom is -0.379 e. The molecule has 0 bridgehead atoms. The summed E-state index contributed by atoms with van der Waals surface area (Å²) in [6.45, 7) is 6.83. The Morgan fingerprint density at radius 3 is 2.44 bits per heavy atom. The van der Waals surface area contributed by atoms with Gasteiger partial charge in [0.1, 0.15) is 5.69 Å². The Bertz CT molecular complexity index is 877. The van der Waals surface area contributed by atoms with Crippen molar-refractivity contribution in [1.82, 2.24) is 8.94 Å². The molecule has 25 heavy (non-hydrogen) atoms. The van der Waals surface area contributed by atoms with Gasteiger partial charge in [0.2, 0.25) is 0 Å². The lowest BCUT2D eigenvalue weighted by atomic mass is 10.1. The van der Waals surface area contributed by atoms with Crippen LogP contribution in [0.5, 0.6) is 0 Å². The molecule has 3 aromatic rings. The number of pyridine rings is 1. The van der Waals surface area contributed by atoms with E-state index in [1.165, 1.54) is 11.5 Å². The molecule has 5 heteroatoms. The summed E-state index contributed by atoms with van der Waals surface area (Å²) in [5.41, 5.74) is 2.56. The molecule has 4 nitrogen and oxygen atoms in total. The molecule has 0 unspecified atom stereocenters. The minimum atomic E-state index is -0.244. The van der Waals surface area contributed by atoms with Gasteiger partial charge in [-0.05, 0) is 38.5 Å². The number of hydrogen-bond acceptors (Lipinski definition) is 4. The van der Waals surface area contributed by atoms with Crippen LogP contribution in [0.4, 0.5) is 5.69 Å². The molecule has 3 rings (SSSR count). The standard InChI is InChI=1S/C20H23N3OS/c1-20(2,3)23-19(24)17(18(25-23)15-9-5-4-6-10-15)22-14-12-16-11-7-8-13-21-16/h4-11,13,22H,12,14H2,1-3H3. The lowest BCUT2D eigenvalue weighted by Gasteiger charge is -2.18. The van der Waals surface area contributed by atoms with Crippen LogP contribution >= 0.6 is 11.5 Å². The van der Waals surface area contributed by atoms with Gasteiger partial charge in [-0.25, -0.2) is 0 Å². The second kappa shape index (κ2) is 7.23. The maximum Gasteiger partial charge on any atom is 0.285 e. The molecule has 130 valence electrons. The Balaban J connectivity index is 1.91. The van der Waals surface area contributed by atoms with Crippen molar-refractivity contribution in [3.63, 3.8) is 0 Å². The Kier molecular flexibility index (Phi) is 5.04. The second-order valence-corrected chi connectivity index (χ2v) is 7.89. The Hall–Kier alpha value is -2.40. The molecular weight excluding hydrogens is 330 g/mol. The lowest BCUT2D eigenvalue weighted by Crippen LogP contribution is -2.30. The zero-order valence-electron chi connectivity index (χ0n) is 14.8. The summed E-state index contributed by atoms with van der Waals surface area (Å²) in [4.78, 5) is 18.3. The average molecular weight is 353 g/mol. The molecule has 0 aliphatic carbocycles. The third-order valence-corrected chi connectivity index (χ3v) is 5.38. The van der Waals surface area contributed by atoms with Crippen LogP contribution < -0.4 is 10.9 Å². The summed E-state index contributed by atoms with van der Waals surface area (Å²) in [6.07, 6.45) is 2.57. The van der Waals surface area contributed by atoms with Crippen molar-refractivity contribution in [2.24, 2.45) is 0 Å². The Morgan fingerprint density at radius 2 is 1.80 bits per heavy atom. The fourth-order valence-electron chi connectivity index (χ4n) is 2.62. The van der Waals surface area contributed by atoms with Crippen molar-refractivity contribution in [2.45, 2.75) is 32.7 Å². The van der Waals surface area contributed by atoms with Crippen LogP contribution in [0.1, 0.15) is 26.5 Å². The first-order valence-electron chi connectivity index (χ1n) is 8.43. The zero-order valence-corrected chi connectivity index (χ0v) is 15.6. The SMILES string of the molecule is CC(C)(C)n1sc(-c2ccccc2)c(NCCc2ccccn2)c1=O. The second-order valence-electron chi connectivity index (χ2n) is 6.93. The molecule has 0 atom stereocenters. The maximum atomic E-state index is 12.9. The summed E-state index contributed by atoms with van der Waals surface area (Å²) in [5.74, 6) is 0. The van der Waals surface area contributed by atoms with E-state index in [1.807, 2.05) is 52.5 Å². The molecule has 2 heterocycles. The molecule has 1 aromatic carbocycles. The summed E-state index contributed by atoms with van der Waals surface area (Å²) < 4.78 is 1.85. The fourth-order valence-corrected chi connectivity index (χ4v) is 3.75. The molecule has 0 radical (unpaired) electrons. The molecule has 1 N–H and O–H groups in total. The van der Waals surface area contributed by atoms with Crippen molar-refractivity contribution < 1.29 is 0 Å². The predicted molar refractivity (Wildman–Crippen MR) is 105 cm³/mol. The van der Waals surface area contributed by atoms with Crippen LogP contribution in [0.25, 0.3) is 10.4 Å². The smallest absolute Gasteiger partial charge is 0.285 e. The first kappa shape index (κ1) is 17.4. The molecule has 0 amide bonds. The van der Waals surface area contributed by atoms with Gasteiger partial charge in [0.05, 0.1) is 10.4 Å². The predicted octanol–water partition coefficient (Wildman–Crippen LogP) is 4.38. The minimum absolute atomic E-state index is 0.0392. The average Bonchev–Trinajstić information content (AvgIpc) is 2.94. The fraction of sp³-hybridized carbons (Fsp3) is 0.300. The maximum absolute atomic E-state index is 12.9. The highest BCUT2D eigenvalue weighted by Gasteiger charge is 2.23. The normalized spacial score (nSPS) is 11.5. The number of benzene rings is 1. The first-order chi connectivity index (χ1) is 12.0. The third kappa shape index (κ3) is 3.99. The van der Waals surface area contributed by atoms with Gasteiger partial charge in [0, 0.05) is 24.9 Å². The molecule has 0 aliphatic rings. The van der Waals surface area contributed by atoms with Crippen molar-refractivity contribution in [2.75, 3.05) is 11.9 Å². The highest BCUT2D eigenvalue weighted by atomic mass is 32.1. The third-order valence-electron chi connectivity index (χ3n) is 3.86. The molecule has 0 spiro atoms. The van der Waals surface area contributed by atoms with Gasteiger partial charge < -0.3 is 5.32 Å². The van der Waals surface area contributed by atoms with E-state index in [-0.39, 0.29) is 11.1 Å². The van der Waals surface area contributed by atoms with E-state index >= 15 is 0 Å². The Morgan fingerprint density at radius 1 is 1.08 bits per heavy atom. The van der Waals surface area contributed by atoms with Crippen LogP contribution in [0.2, 0.25) is 0 Å². The van der Waals surface area contributed by atoms with Crippen molar-refractivity contribution in [1.29, 1.82) is 0 Å². The summed E-state index contributed by atoms with van der Waals surface area (Å²) >= 11 is 1.52. The lowest BCUT2D eigenvalue weighted by molar-refractivity contribution is 0.419. The number of nitrogens with zero attached hydrogens (tertiary/aromatic N) is 2. The molecule has 0 saturated heterocycles. The van der Waals surface area contributed by atoms with E-state index in [0.717, 1.165) is 22.6 Å². The van der Waals surface area contributed by atoms with Gasteiger partial charge in [0.15, 0.2) is 0 Å². The highest BCUT2D eigenvalue weighted by molar-refractivity contribution is 7.11. The van der Waals surface area contributed by atoms with Crippen LogP contribution in [-0.2, 0) is 12.0 Å². The van der Waals surface area contributed by atoms with E-state index in [4.69, 9.17) is 0 Å². The molecule has 0 fully saturated rings. The molecule has 0 saturated carbocycles. The molecule has 2 aromatic heterocycles. The van der Waals surface area contributed by atoms with Crippen molar-refractivity contribution in [3.05, 3.63) is 70.8 Å². The number of aromatic nitrogens is 2. The van der Waals surface area contributed by atoms with Crippen molar-refractivity contribution in [3.8, 4) is 10.4 Å². The van der Waals surface area contributed by atoms with E-state index in [0.29, 0.717) is 12.2 Å². The van der Waals surface area contributed by atoms with E-state index in [2.05, 4.69) is 31.1 Å². The van der Waals surface area contributed by atoms with Gasteiger partial charge in [-0.15, -0.1) is 0 Å². The van der Waals surface area contributed by atoms with Crippen LogP contribution in [0.3, 0.4) is 0 Å². The van der Waals surface area contributed by atoms with E-state index in [9.17, 15) is 4.79 Å². The summed E-state index contributed by atoms with van der Waals surface area (Å²) in [6, 6.07) is 16.0. The van der Waals surface area contributed by atoms with Gasteiger partial charge in [0.25, 0.3) is 5.56 Å². The highest BCUT2D eigenvalue weighted by Crippen LogP contribution is 2.33. The van der Waals surface area contributed by atoms with Gasteiger partial charge >= 0.3 is 0 Å². The largest absolute Gasteiger partial charge is 0.379 e.